The molecule has 0 saturated heterocycles. The van der Waals surface area contributed by atoms with E-state index in [0.717, 1.165) is 0 Å². The molecule has 1 rings (SSSR count). The van der Waals surface area contributed by atoms with Crippen molar-refractivity contribution in [3.8, 4) is 5.75 Å². The van der Waals surface area contributed by atoms with Gasteiger partial charge >= 0.3 is 0 Å². The maximum Gasteiger partial charge on any atom is 0.254 e. The van der Waals surface area contributed by atoms with Gasteiger partial charge in [0.15, 0.2) is 0 Å². The molecule has 0 amide bonds. The molecule has 1 aromatic rings. The maximum atomic E-state index is 12.8. The van der Waals surface area contributed by atoms with Crippen LogP contribution in [-0.4, -0.2) is 19.3 Å². The van der Waals surface area contributed by atoms with Gasteiger partial charge in [0.05, 0.1) is 6.61 Å². The number of carbonyl (C=O) groups excluding carboxylic acids is 1. The number of hydrogen-bond donors (Lipinski definition) is 0. The molecule has 0 aromatic heterocycles. The summed E-state index contributed by atoms with van der Waals surface area (Å²) in [4.78, 5) is 10.8. The van der Waals surface area contributed by atoms with Crippen molar-refractivity contribution >= 4 is 6.29 Å². The average Bonchev–Trinajstić information content (AvgIpc) is 2.29. The van der Waals surface area contributed by atoms with Gasteiger partial charge in [-0.2, -0.15) is 0 Å². The van der Waals surface area contributed by atoms with Crippen LogP contribution in [0.25, 0.3) is 0 Å². The Hall–Kier alpha value is -1.45. The Bertz CT molecular complexity index is 349. The lowest BCUT2D eigenvalue weighted by molar-refractivity contribution is -0.117. The van der Waals surface area contributed by atoms with Crippen molar-refractivity contribution in [3.63, 3.8) is 0 Å². The number of halogens is 2. The van der Waals surface area contributed by atoms with Crippen LogP contribution in [0.4, 0.5) is 8.78 Å². The van der Waals surface area contributed by atoms with E-state index >= 15 is 0 Å². The Morgan fingerprint density at radius 3 is 2.31 bits per heavy atom. The SMILES string of the molecule is CCOc1ccc(C(C)(C=O)C(F)F)cc1. The van der Waals surface area contributed by atoms with Crippen LogP contribution in [0.1, 0.15) is 19.4 Å². The van der Waals surface area contributed by atoms with Crippen LogP contribution in [0.5, 0.6) is 5.75 Å². The summed E-state index contributed by atoms with van der Waals surface area (Å²) in [7, 11) is 0. The number of alkyl halides is 2. The van der Waals surface area contributed by atoms with Crippen molar-refractivity contribution in [1.82, 2.24) is 0 Å². The van der Waals surface area contributed by atoms with Gasteiger partial charge in [0.25, 0.3) is 6.43 Å². The maximum absolute atomic E-state index is 12.8. The van der Waals surface area contributed by atoms with Gasteiger partial charge in [0, 0.05) is 0 Å². The minimum atomic E-state index is -2.72. The molecule has 1 unspecified atom stereocenters. The van der Waals surface area contributed by atoms with E-state index in [-0.39, 0.29) is 6.29 Å². The fourth-order valence-corrected chi connectivity index (χ4v) is 1.32. The Morgan fingerprint density at radius 1 is 1.38 bits per heavy atom. The number of aldehydes is 1. The zero-order valence-electron chi connectivity index (χ0n) is 9.24. The quantitative estimate of drug-likeness (QED) is 0.724. The van der Waals surface area contributed by atoms with Gasteiger partial charge in [-0.1, -0.05) is 12.1 Å². The molecule has 1 atom stereocenters. The summed E-state index contributed by atoms with van der Waals surface area (Å²) in [6.07, 6.45) is -2.43. The van der Waals surface area contributed by atoms with Crippen LogP contribution >= 0.6 is 0 Å². The summed E-state index contributed by atoms with van der Waals surface area (Å²) in [5, 5.41) is 0. The largest absolute Gasteiger partial charge is 0.494 e. The van der Waals surface area contributed by atoms with Gasteiger partial charge in [-0.3, -0.25) is 0 Å². The smallest absolute Gasteiger partial charge is 0.254 e. The van der Waals surface area contributed by atoms with Crippen molar-refractivity contribution < 1.29 is 18.3 Å². The lowest BCUT2D eigenvalue weighted by Crippen LogP contribution is -2.32. The Balaban J connectivity index is 2.99. The molecule has 2 nitrogen and oxygen atoms in total. The van der Waals surface area contributed by atoms with Crippen LogP contribution in [0, 0.1) is 0 Å². The average molecular weight is 228 g/mol. The third kappa shape index (κ3) is 2.38. The molecule has 0 saturated carbocycles. The molecule has 16 heavy (non-hydrogen) atoms. The van der Waals surface area contributed by atoms with E-state index in [1.165, 1.54) is 19.1 Å². The third-order valence-electron chi connectivity index (χ3n) is 2.49. The molecule has 1 aromatic carbocycles. The molecule has 0 radical (unpaired) electrons. The van der Waals surface area contributed by atoms with Crippen molar-refractivity contribution in [2.75, 3.05) is 6.61 Å². The second-order valence-corrected chi connectivity index (χ2v) is 3.66. The number of benzene rings is 1. The molecule has 0 fully saturated rings. The van der Waals surface area contributed by atoms with Crippen LogP contribution in [0.2, 0.25) is 0 Å². The summed E-state index contributed by atoms with van der Waals surface area (Å²) in [6.45, 7) is 3.57. The molecule has 0 aliphatic carbocycles. The molecule has 0 aliphatic rings. The number of carbonyl (C=O) groups is 1. The van der Waals surface area contributed by atoms with E-state index in [1.807, 2.05) is 6.92 Å². The predicted molar refractivity (Wildman–Crippen MR) is 57.0 cm³/mol. The van der Waals surface area contributed by atoms with E-state index in [0.29, 0.717) is 17.9 Å². The van der Waals surface area contributed by atoms with Gasteiger partial charge in [-0.25, -0.2) is 8.78 Å². The molecule has 4 heteroatoms. The lowest BCUT2D eigenvalue weighted by Gasteiger charge is -2.22. The second-order valence-electron chi connectivity index (χ2n) is 3.66. The van der Waals surface area contributed by atoms with Crippen molar-refractivity contribution in [2.45, 2.75) is 25.7 Å². The standard InChI is InChI=1S/C12H14F2O2/c1-3-16-10-6-4-9(5-7-10)12(2,8-15)11(13)14/h4-8,11H,3H2,1-2H3. The van der Waals surface area contributed by atoms with E-state index in [2.05, 4.69) is 0 Å². The van der Waals surface area contributed by atoms with E-state index < -0.39 is 11.8 Å². The third-order valence-corrected chi connectivity index (χ3v) is 2.49. The molecular weight excluding hydrogens is 214 g/mol. The number of hydrogen-bond acceptors (Lipinski definition) is 2. The molecular formula is C12H14F2O2. The molecule has 0 aliphatic heterocycles. The number of rotatable bonds is 5. The van der Waals surface area contributed by atoms with Crippen LogP contribution in [0.15, 0.2) is 24.3 Å². The second kappa shape index (κ2) is 5.05. The minimum absolute atomic E-state index is 0.285. The highest BCUT2D eigenvalue weighted by Gasteiger charge is 2.36. The van der Waals surface area contributed by atoms with Gasteiger partial charge in [0.1, 0.15) is 17.5 Å². The van der Waals surface area contributed by atoms with Crippen molar-refractivity contribution in [2.24, 2.45) is 0 Å². The Kier molecular flexibility index (Phi) is 3.99. The normalized spacial score (nSPS) is 14.6. The van der Waals surface area contributed by atoms with Gasteiger partial charge in [-0.15, -0.1) is 0 Å². The fraction of sp³-hybridized carbons (Fsp3) is 0.417. The Morgan fingerprint density at radius 2 is 1.94 bits per heavy atom. The lowest BCUT2D eigenvalue weighted by atomic mass is 9.84. The van der Waals surface area contributed by atoms with Crippen molar-refractivity contribution in [3.05, 3.63) is 29.8 Å². The summed E-state index contributed by atoms with van der Waals surface area (Å²) >= 11 is 0. The van der Waals surface area contributed by atoms with Crippen LogP contribution in [0.3, 0.4) is 0 Å². The van der Waals surface area contributed by atoms with Gasteiger partial charge < -0.3 is 9.53 Å². The van der Waals surface area contributed by atoms with E-state index in [9.17, 15) is 13.6 Å². The van der Waals surface area contributed by atoms with Crippen molar-refractivity contribution in [1.29, 1.82) is 0 Å². The molecule has 0 heterocycles. The first kappa shape index (κ1) is 12.6. The summed E-state index contributed by atoms with van der Waals surface area (Å²) in [5.74, 6) is 0.605. The zero-order valence-corrected chi connectivity index (χ0v) is 9.24. The topological polar surface area (TPSA) is 26.3 Å². The Labute approximate surface area is 93.2 Å². The van der Waals surface area contributed by atoms with Crippen LogP contribution in [-0.2, 0) is 10.2 Å². The van der Waals surface area contributed by atoms with Gasteiger partial charge in [-0.05, 0) is 31.5 Å². The number of ether oxygens (including phenoxy) is 1. The molecule has 0 bridgehead atoms. The summed E-state index contributed by atoms with van der Waals surface area (Å²) in [6, 6.07) is 6.16. The molecule has 0 spiro atoms. The minimum Gasteiger partial charge on any atom is -0.494 e. The predicted octanol–water partition coefficient (Wildman–Crippen LogP) is 2.81. The highest BCUT2D eigenvalue weighted by molar-refractivity contribution is 5.68. The zero-order chi connectivity index (χ0) is 12.2. The van der Waals surface area contributed by atoms with E-state index in [4.69, 9.17) is 4.74 Å². The fourth-order valence-electron chi connectivity index (χ4n) is 1.32. The first-order valence-corrected chi connectivity index (χ1v) is 5.02. The molecule has 88 valence electrons. The first-order chi connectivity index (χ1) is 7.54. The summed E-state index contributed by atoms with van der Waals surface area (Å²) in [5.41, 5.74) is -1.45. The monoisotopic (exact) mass is 228 g/mol. The van der Waals surface area contributed by atoms with Crippen LogP contribution < -0.4 is 4.74 Å². The van der Waals surface area contributed by atoms with Gasteiger partial charge in [0.2, 0.25) is 0 Å². The highest BCUT2D eigenvalue weighted by Crippen LogP contribution is 2.29. The first-order valence-electron chi connectivity index (χ1n) is 5.02. The van der Waals surface area contributed by atoms with E-state index in [1.54, 1.807) is 12.1 Å². The molecule has 0 N–H and O–H groups in total. The highest BCUT2D eigenvalue weighted by atomic mass is 19.3. The summed E-state index contributed by atoms with van der Waals surface area (Å²) < 4.78 is 30.7.